The van der Waals surface area contributed by atoms with Gasteiger partial charge in [-0.2, -0.15) is 9.29 Å². The lowest BCUT2D eigenvalue weighted by Gasteiger charge is -2.30. The molecule has 1 aliphatic heterocycles. The predicted octanol–water partition coefficient (Wildman–Crippen LogP) is 2.51. The molecule has 1 atom stereocenters. The summed E-state index contributed by atoms with van der Waals surface area (Å²) in [5.41, 5.74) is 0.764. The summed E-state index contributed by atoms with van der Waals surface area (Å²) in [6.07, 6.45) is -0.619. The van der Waals surface area contributed by atoms with Crippen molar-refractivity contribution in [2.45, 2.75) is 11.0 Å². The topological polar surface area (TPSA) is 94.8 Å². The Kier molecular flexibility index (Phi) is 5.12. The molecule has 146 valence electrons. The van der Waals surface area contributed by atoms with Crippen LogP contribution in [0.1, 0.15) is 12.0 Å². The maximum absolute atomic E-state index is 12.8. The lowest BCUT2D eigenvalue weighted by Crippen LogP contribution is -2.42. The van der Waals surface area contributed by atoms with Gasteiger partial charge in [-0.1, -0.05) is 23.4 Å². The number of hydrogen-bond donors (Lipinski definition) is 0. The van der Waals surface area contributed by atoms with E-state index in [4.69, 9.17) is 14.0 Å². The van der Waals surface area contributed by atoms with Crippen LogP contribution in [0.4, 0.5) is 0 Å². The van der Waals surface area contributed by atoms with E-state index in [2.05, 4.69) is 10.1 Å². The van der Waals surface area contributed by atoms with Gasteiger partial charge in [0.25, 0.3) is 5.89 Å². The number of nitrogens with zero attached hydrogens (tertiary/aromatic N) is 3. The molecule has 3 aromatic rings. The van der Waals surface area contributed by atoms with Crippen LogP contribution in [0.25, 0.3) is 11.4 Å². The number of morpholine rings is 1. The molecule has 4 rings (SSSR count). The maximum Gasteiger partial charge on any atom is 0.257 e. The molecular weight excluding hydrogens is 382 g/mol. The van der Waals surface area contributed by atoms with Crippen molar-refractivity contribution in [1.29, 1.82) is 0 Å². The highest BCUT2D eigenvalue weighted by atomic mass is 32.2. The van der Waals surface area contributed by atoms with Gasteiger partial charge in [0.1, 0.15) is 5.75 Å². The normalized spacial score (nSPS) is 18.1. The van der Waals surface area contributed by atoms with E-state index in [1.807, 2.05) is 12.1 Å². The molecule has 0 saturated carbocycles. The van der Waals surface area contributed by atoms with E-state index in [0.717, 1.165) is 11.3 Å². The van der Waals surface area contributed by atoms with Gasteiger partial charge in [-0.3, -0.25) is 0 Å². The average molecular weight is 401 g/mol. The number of methoxy groups -OCH3 is 1. The fraction of sp³-hybridized carbons (Fsp3) is 0.263. The Balaban J connectivity index is 1.53. The minimum Gasteiger partial charge on any atom is -0.497 e. The average Bonchev–Trinajstić information content (AvgIpc) is 3.25. The van der Waals surface area contributed by atoms with Crippen LogP contribution >= 0.6 is 0 Å². The Morgan fingerprint density at radius 3 is 2.57 bits per heavy atom. The molecule has 1 fully saturated rings. The van der Waals surface area contributed by atoms with Crippen LogP contribution in [-0.4, -0.2) is 49.7 Å². The molecule has 1 aromatic heterocycles. The number of sulfonamides is 1. The second kappa shape index (κ2) is 7.70. The summed E-state index contributed by atoms with van der Waals surface area (Å²) >= 11 is 0. The highest BCUT2D eigenvalue weighted by molar-refractivity contribution is 7.89. The van der Waals surface area contributed by atoms with Gasteiger partial charge in [0, 0.05) is 18.7 Å². The first-order valence-corrected chi connectivity index (χ1v) is 10.2. The molecule has 28 heavy (non-hydrogen) atoms. The number of aromatic nitrogens is 2. The number of ether oxygens (including phenoxy) is 2. The van der Waals surface area contributed by atoms with Crippen LogP contribution in [0.15, 0.2) is 64.0 Å². The highest BCUT2D eigenvalue weighted by Crippen LogP contribution is 2.27. The predicted molar refractivity (Wildman–Crippen MR) is 100 cm³/mol. The minimum atomic E-state index is -3.61. The van der Waals surface area contributed by atoms with Gasteiger partial charge in [-0.05, 0) is 36.4 Å². The molecule has 2 aromatic carbocycles. The van der Waals surface area contributed by atoms with Crippen molar-refractivity contribution in [3.8, 4) is 17.1 Å². The Bertz CT molecular complexity index is 1030. The first-order valence-electron chi connectivity index (χ1n) is 8.73. The van der Waals surface area contributed by atoms with Crippen LogP contribution in [-0.2, 0) is 14.8 Å². The van der Waals surface area contributed by atoms with Gasteiger partial charge >= 0.3 is 0 Å². The Morgan fingerprint density at radius 2 is 1.86 bits per heavy atom. The summed E-state index contributed by atoms with van der Waals surface area (Å²) in [4.78, 5) is 4.63. The van der Waals surface area contributed by atoms with E-state index in [1.54, 1.807) is 49.6 Å². The third-order valence-corrected chi connectivity index (χ3v) is 6.35. The molecule has 0 spiro atoms. The largest absolute Gasteiger partial charge is 0.497 e. The summed E-state index contributed by atoms with van der Waals surface area (Å²) in [5.74, 6) is 1.38. The molecule has 1 aliphatic rings. The number of benzene rings is 2. The van der Waals surface area contributed by atoms with E-state index >= 15 is 0 Å². The van der Waals surface area contributed by atoms with E-state index in [9.17, 15) is 8.42 Å². The lowest BCUT2D eigenvalue weighted by atomic mass is 10.2. The molecule has 8 nitrogen and oxygen atoms in total. The third kappa shape index (κ3) is 3.64. The molecule has 0 bridgehead atoms. The second-order valence-corrected chi connectivity index (χ2v) is 8.16. The zero-order valence-corrected chi connectivity index (χ0v) is 16.0. The Labute approximate surface area is 162 Å². The van der Waals surface area contributed by atoms with Gasteiger partial charge in [0.05, 0.1) is 18.6 Å². The first kappa shape index (κ1) is 18.6. The molecule has 9 heteroatoms. The van der Waals surface area contributed by atoms with Gasteiger partial charge in [0.2, 0.25) is 15.8 Å². The van der Waals surface area contributed by atoms with E-state index in [1.165, 1.54) is 4.31 Å². The minimum absolute atomic E-state index is 0.113. The Hall–Kier alpha value is -2.75. The molecule has 0 N–H and O–H groups in total. The van der Waals surface area contributed by atoms with E-state index in [-0.39, 0.29) is 30.5 Å². The summed E-state index contributed by atoms with van der Waals surface area (Å²) in [5, 5.41) is 3.99. The summed E-state index contributed by atoms with van der Waals surface area (Å²) in [6.45, 7) is 0.631. The van der Waals surface area contributed by atoms with Crippen molar-refractivity contribution >= 4 is 10.0 Å². The SMILES string of the molecule is COc1ccc(-c2noc([C@@H]3CN(S(=O)(=O)c4ccccc4)CCO3)n2)cc1. The van der Waals surface area contributed by atoms with Crippen molar-refractivity contribution in [2.75, 3.05) is 26.8 Å². The van der Waals surface area contributed by atoms with Crippen LogP contribution in [0.2, 0.25) is 0 Å². The fourth-order valence-corrected chi connectivity index (χ4v) is 4.40. The number of rotatable bonds is 5. The van der Waals surface area contributed by atoms with Crippen LogP contribution in [0.5, 0.6) is 5.75 Å². The zero-order valence-electron chi connectivity index (χ0n) is 15.2. The van der Waals surface area contributed by atoms with Crippen LogP contribution in [0.3, 0.4) is 0 Å². The molecule has 2 heterocycles. The molecular formula is C19H19N3O5S. The van der Waals surface area contributed by atoms with Gasteiger partial charge in [0.15, 0.2) is 6.10 Å². The van der Waals surface area contributed by atoms with Crippen molar-refractivity contribution in [3.63, 3.8) is 0 Å². The zero-order chi connectivity index (χ0) is 19.6. The van der Waals surface area contributed by atoms with Crippen molar-refractivity contribution < 1.29 is 22.4 Å². The molecule has 0 radical (unpaired) electrons. The summed E-state index contributed by atoms with van der Waals surface area (Å²) in [7, 11) is -2.01. The Morgan fingerprint density at radius 1 is 1.11 bits per heavy atom. The maximum atomic E-state index is 12.8. The standard InChI is InChI=1S/C19H19N3O5S/c1-25-15-9-7-14(8-10-15)18-20-19(27-21-18)17-13-22(11-12-26-17)28(23,24)16-5-3-2-4-6-16/h2-10,17H,11-13H2,1H3/t17-/m0/s1. The third-order valence-electron chi connectivity index (χ3n) is 4.48. The smallest absolute Gasteiger partial charge is 0.257 e. The van der Waals surface area contributed by atoms with Crippen LogP contribution < -0.4 is 4.74 Å². The second-order valence-electron chi connectivity index (χ2n) is 6.22. The highest BCUT2D eigenvalue weighted by Gasteiger charge is 2.34. The van der Waals surface area contributed by atoms with Crippen molar-refractivity contribution in [1.82, 2.24) is 14.4 Å². The van der Waals surface area contributed by atoms with Gasteiger partial charge < -0.3 is 14.0 Å². The van der Waals surface area contributed by atoms with E-state index in [0.29, 0.717) is 5.82 Å². The lowest BCUT2D eigenvalue weighted by molar-refractivity contribution is -0.0199. The summed E-state index contributed by atoms with van der Waals surface area (Å²) in [6, 6.07) is 15.6. The molecule has 0 aliphatic carbocycles. The van der Waals surface area contributed by atoms with Crippen molar-refractivity contribution in [3.05, 3.63) is 60.5 Å². The van der Waals surface area contributed by atoms with Crippen molar-refractivity contribution in [2.24, 2.45) is 0 Å². The molecule has 0 unspecified atom stereocenters. The van der Waals surface area contributed by atoms with Gasteiger partial charge in [-0.25, -0.2) is 8.42 Å². The summed E-state index contributed by atoms with van der Waals surface area (Å²) < 4.78 is 43.2. The first-order chi connectivity index (χ1) is 13.6. The van der Waals surface area contributed by atoms with Crippen LogP contribution in [0, 0.1) is 0 Å². The van der Waals surface area contributed by atoms with Gasteiger partial charge in [-0.15, -0.1) is 0 Å². The fourth-order valence-electron chi connectivity index (χ4n) is 2.96. The van der Waals surface area contributed by atoms with E-state index < -0.39 is 16.1 Å². The quantitative estimate of drug-likeness (QED) is 0.648. The molecule has 1 saturated heterocycles. The number of hydrogen-bond acceptors (Lipinski definition) is 7. The molecule has 0 amide bonds. The monoisotopic (exact) mass is 401 g/mol.